The molecule has 0 radical (unpaired) electrons. The molecule has 1 N–H and O–H groups in total. The molecule has 0 rings (SSSR count). The summed E-state index contributed by atoms with van der Waals surface area (Å²) in [6.45, 7) is 6.19. The fraction of sp³-hybridized carbons (Fsp3) is 1.00. The molecule has 80 valence electrons. The summed E-state index contributed by atoms with van der Waals surface area (Å²) in [5, 5.41) is 9.04. The number of aliphatic hydroxyl groups is 1. The van der Waals surface area contributed by atoms with Crippen LogP contribution in [0.4, 0.5) is 0 Å². The van der Waals surface area contributed by atoms with Crippen molar-refractivity contribution in [1.29, 1.82) is 0 Å². The third kappa shape index (κ3) is 9.80. The second-order valence-corrected chi connectivity index (χ2v) is 3.05. The monoisotopic (exact) mass is 190 g/mol. The third-order valence-corrected chi connectivity index (χ3v) is 1.73. The Labute approximate surface area is 81.0 Å². The molecule has 0 aromatic carbocycles. The van der Waals surface area contributed by atoms with Crippen LogP contribution in [0.3, 0.4) is 0 Å². The standard InChI is InChI=1S/C10H22O3/c1-3-5-7-12-8-6-9-13-10(11)4-2/h10-11H,3-9H2,1-2H3. The quantitative estimate of drug-likeness (QED) is 0.446. The average Bonchev–Trinajstić information content (AvgIpc) is 2.16. The maximum Gasteiger partial charge on any atom is 0.154 e. The van der Waals surface area contributed by atoms with Gasteiger partial charge in [-0.1, -0.05) is 20.3 Å². The Morgan fingerprint density at radius 2 is 1.77 bits per heavy atom. The van der Waals surface area contributed by atoms with Crippen molar-refractivity contribution in [3.63, 3.8) is 0 Å². The number of ether oxygens (including phenoxy) is 2. The van der Waals surface area contributed by atoms with E-state index < -0.39 is 6.29 Å². The van der Waals surface area contributed by atoms with Crippen molar-refractivity contribution in [3.8, 4) is 0 Å². The Hall–Kier alpha value is -0.120. The maximum atomic E-state index is 9.04. The van der Waals surface area contributed by atoms with Gasteiger partial charge in [-0.3, -0.25) is 0 Å². The average molecular weight is 190 g/mol. The highest BCUT2D eigenvalue weighted by molar-refractivity contribution is 4.39. The first kappa shape index (κ1) is 12.9. The van der Waals surface area contributed by atoms with Crippen LogP contribution < -0.4 is 0 Å². The van der Waals surface area contributed by atoms with Gasteiger partial charge in [0.05, 0.1) is 6.61 Å². The first-order valence-corrected chi connectivity index (χ1v) is 5.18. The summed E-state index contributed by atoms with van der Waals surface area (Å²) in [4.78, 5) is 0. The molecule has 0 aliphatic heterocycles. The molecule has 0 fully saturated rings. The lowest BCUT2D eigenvalue weighted by Crippen LogP contribution is -2.12. The molecule has 13 heavy (non-hydrogen) atoms. The van der Waals surface area contributed by atoms with E-state index in [0.29, 0.717) is 13.0 Å². The van der Waals surface area contributed by atoms with Crippen LogP contribution in [0.25, 0.3) is 0 Å². The van der Waals surface area contributed by atoms with E-state index in [2.05, 4.69) is 6.92 Å². The minimum absolute atomic E-state index is 0.584. The van der Waals surface area contributed by atoms with Crippen molar-refractivity contribution in [2.24, 2.45) is 0 Å². The molecular formula is C10H22O3. The number of aliphatic hydroxyl groups excluding tert-OH is 1. The van der Waals surface area contributed by atoms with E-state index in [4.69, 9.17) is 14.6 Å². The molecule has 0 saturated heterocycles. The van der Waals surface area contributed by atoms with Gasteiger partial charge in [0.25, 0.3) is 0 Å². The van der Waals surface area contributed by atoms with Crippen LogP contribution in [-0.2, 0) is 9.47 Å². The van der Waals surface area contributed by atoms with Crippen molar-refractivity contribution >= 4 is 0 Å². The van der Waals surface area contributed by atoms with Crippen LogP contribution in [0.2, 0.25) is 0 Å². The van der Waals surface area contributed by atoms with Crippen LogP contribution in [0.15, 0.2) is 0 Å². The SMILES string of the molecule is CCCCOCCCOC(O)CC. The molecule has 0 aliphatic carbocycles. The molecule has 0 aromatic rings. The summed E-state index contributed by atoms with van der Waals surface area (Å²) in [6, 6.07) is 0. The Bertz CT molecular complexity index is 96.2. The fourth-order valence-electron chi connectivity index (χ4n) is 0.847. The van der Waals surface area contributed by atoms with E-state index in [-0.39, 0.29) is 0 Å². The molecule has 0 heterocycles. The first-order chi connectivity index (χ1) is 6.31. The molecule has 0 aliphatic rings. The Kier molecular flexibility index (Phi) is 9.87. The second kappa shape index (κ2) is 9.96. The molecule has 0 bridgehead atoms. The highest BCUT2D eigenvalue weighted by atomic mass is 16.6. The van der Waals surface area contributed by atoms with E-state index in [9.17, 15) is 0 Å². The van der Waals surface area contributed by atoms with E-state index >= 15 is 0 Å². The topological polar surface area (TPSA) is 38.7 Å². The van der Waals surface area contributed by atoms with Gasteiger partial charge in [-0.05, 0) is 19.3 Å². The molecule has 0 spiro atoms. The van der Waals surface area contributed by atoms with Crippen LogP contribution in [0.5, 0.6) is 0 Å². The zero-order valence-electron chi connectivity index (χ0n) is 8.79. The molecule has 3 heteroatoms. The second-order valence-electron chi connectivity index (χ2n) is 3.05. The highest BCUT2D eigenvalue weighted by Crippen LogP contribution is 1.95. The van der Waals surface area contributed by atoms with Gasteiger partial charge in [0.15, 0.2) is 6.29 Å². The number of hydrogen-bond donors (Lipinski definition) is 1. The minimum atomic E-state index is -0.601. The summed E-state index contributed by atoms with van der Waals surface area (Å²) in [6.07, 6.45) is 3.21. The molecular weight excluding hydrogens is 168 g/mol. The van der Waals surface area contributed by atoms with Crippen LogP contribution in [-0.4, -0.2) is 31.2 Å². The lowest BCUT2D eigenvalue weighted by Gasteiger charge is -2.09. The predicted octanol–water partition coefficient (Wildman–Crippen LogP) is 1.94. The van der Waals surface area contributed by atoms with Gasteiger partial charge in [0, 0.05) is 13.2 Å². The van der Waals surface area contributed by atoms with Crippen molar-refractivity contribution < 1.29 is 14.6 Å². The summed E-state index contributed by atoms with van der Waals surface area (Å²) in [5.41, 5.74) is 0. The van der Waals surface area contributed by atoms with Gasteiger partial charge in [0.1, 0.15) is 0 Å². The molecule has 1 unspecified atom stereocenters. The Morgan fingerprint density at radius 1 is 1.08 bits per heavy atom. The van der Waals surface area contributed by atoms with Crippen molar-refractivity contribution in [1.82, 2.24) is 0 Å². The zero-order valence-corrected chi connectivity index (χ0v) is 8.79. The molecule has 0 aromatic heterocycles. The van der Waals surface area contributed by atoms with Gasteiger partial charge >= 0.3 is 0 Å². The third-order valence-electron chi connectivity index (χ3n) is 1.73. The zero-order chi connectivity index (χ0) is 9.94. The summed E-state index contributed by atoms with van der Waals surface area (Å²) in [5.74, 6) is 0. The van der Waals surface area contributed by atoms with Crippen LogP contribution >= 0.6 is 0 Å². The fourth-order valence-corrected chi connectivity index (χ4v) is 0.847. The highest BCUT2D eigenvalue weighted by Gasteiger charge is 1.98. The van der Waals surface area contributed by atoms with E-state index in [1.54, 1.807) is 0 Å². The van der Waals surface area contributed by atoms with Gasteiger partial charge in [0.2, 0.25) is 0 Å². The number of hydrogen-bond acceptors (Lipinski definition) is 3. The van der Waals surface area contributed by atoms with E-state index in [1.807, 2.05) is 6.92 Å². The van der Waals surface area contributed by atoms with Crippen LogP contribution in [0.1, 0.15) is 39.5 Å². The van der Waals surface area contributed by atoms with Gasteiger partial charge in [-0.15, -0.1) is 0 Å². The summed E-state index contributed by atoms with van der Waals surface area (Å²) >= 11 is 0. The molecule has 0 amide bonds. The Balaban J connectivity index is 2.91. The minimum Gasteiger partial charge on any atom is -0.381 e. The van der Waals surface area contributed by atoms with Crippen molar-refractivity contribution in [3.05, 3.63) is 0 Å². The van der Waals surface area contributed by atoms with Gasteiger partial charge in [-0.25, -0.2) is 0 Å². The number of rotatable bonds is 9. The molecule has 3 nitrogen and oxygen atoms in total. The molecule has 1 atom stereocenters. The lowest BCUT2D eigenvalue weighted by atomic mass is 10.4. The van der Waals surface area contributed by atoms with Crippen molar-refractivity contribution in [2.45, 2.75) is 45.8 Å². The largest absolute Gasteiger partial charge is 0.381 e. The van der Waals surface area contributed by atoms with E-state index in [1.165, 1.54) is 6.42 Å². The van der Waals surface area contributed by atoms with Crippen LogP contribution in [0, 0.1) is 0 Å². The lowest BCUT2D eigenvalue weighted by molar-refractivity contribution is -0.104. The summed E-state index contributed by atoms with van der Waals surface area (Å²) < 4.78 is 10.4. The number of unbranched alkanes of at least 4 members (excludes halogenated alkanes) is 1. The molecule has 0 saturated carbocycles. The smallest absolute Gasteiger partial charge is 0.154 e. The van der Waals surface area contributed by atoms with Gasteiger partial charge < -0.3 is 14.6 Å². The maximum absolute atomic E-state index is 9.04. The van der Waals surface area contributed by atoms with Crippen molar-refractivity contribution in [2.75, 3.05) is 19.8 Å². The van der Waals surface area contributed by atoms with E-state index in [0.717, 1.165) is 26.1 Å². The summed E-state index contributed by atoms with van der Waals surface area (Å²) in [7, 11) is 0. The predicted molar refractivity (Wildman–Crippen MR) is 52.6 cm³/mol. The first-order valence-electron chi connectivity index (χ1n) is 5.18. The van der Waals surface area contributed by atoms with Gasteiger partial charge in [-0.2, -0.15) is 0 Å². The Morgan fingerprint density at radius 3 is 2.38 bits per heavy atom. The normalized spacial score (nSPS) is 13.2.